The van der Waals surface area contributed by atoms with Crippen LogP contribution in [0.4, 0.5) is 4.79 Å². The zero-order valence-electron chi connectivity index (χ0n) is 15.8. The third-order valence-electron chi connectivity index (χ3n) is 3.15. The van der Waals surface area contributed by atoms with Crippen molar-refractivity contribution in [3.05, 3.63) is 23.8 Å². The van der Waals surface area contributed by atoms with E-state index in [-0.39, 0.29) is 35.9 Å². The Kier molecular flexibility index (Phi) is 8.37. The molecule has 0 radical (unpaired) electrons. The molecule has 0 spiro atoms. The van der Waals surface area contributed by atoms with Crippen molar-refractivity contribution in [3.8, 4) is 11.5 Å². The van der Waals surface area contributed by atoms with Gasteiger partial charge in [-0.25, -0.2) is 4.79 Å². The number of benzene rings is 1. The molecular weight excluding hydrogens is 354 g/mol. The zero-order valence-corrected chi connectivity index (χ0v) is 15.8. The third kappa shape index (κ3) is 9.93. The van der Waals surface area contributed by atoms with E-state index in [4.69, 9.17) is 4.74 Å². The minimum Gasteiger partial charge on any atom is -0.508 e. The number of nitrogens with one attached hydrogen (secondary N) is 3. The Balaban J connectivity index is 2.14. The molecular formula is C18H27N3O6. The van der Waals surface area contributed by atoms with Crippen molar-refractivity contribution in [2.45, 2.75) is 39.2 Å². The Labute approximate surface area is 158 Å². The minimum absolute atomic E-state index is 0.119. The van der Waals surface area contributed by atoms with Gasteiger partial charge in [-0.15, -0.1) is 0 Å². The lowest BCUT2D eigenvalue weighted by atomic mass is 10.2. The Hall–Kier alpha value is -2.97. The Morgan fingerprint density at radius 2 is 1.52 bits per heavy atom. The average molecular weight is 381 g/mol. The molecule has 0 heterocycles. The summed E-state index contributed by atoms with van der Waals surface area (Å²) >= 11 is 0. The van der Waals surface area contributed by atoms with Crippen LogP contribution in [0.5, 0.6) is 11.5 Å². The summed E-state index contributed by atoms with van der Waals surface area (Å²) in [7, 11) is 0. The molecule has 3 amide bonds. The highest BCUT2D eigenvalue weighted by Crippen LogP contribution is 2.20. The van der Waals surface area contributed by atoms with E-state index in [1.807, 2.05) is 0 Å². The SMILES string of the molecule is CC(C)(C)OC(=O)NCCC(=O)NCCCNC(=O)c1cc(O)cc(O)c1. The van der Waals surface area contributed by atoms with Gasteiger partial charge < -0.3 is 30.9 Å². The molecule has 0 bridgehead atoms. The van der Waals surface area contributed by atoms with Crippen LogP contribution >= 0.6 is 0 Å². The Bertz CT molecular complexity index is 649. The molecule has 9 nitrogen and oxygen atoms in total. The number of aromatic hydroxyl groups is 2. The number of amides is 3. The van der Waals surface area contributed by atoms with Crippen molar-refractivity contribution in [3.63, 3.8) is 0 Å². The van der Waals surface area contributed by atoms with Gasteiger partial charge in [0.15, 0.2) is 0 Å². The summed E-state index contributed by atoms with van der Waals surface area (Å²) in [6.45, 7) is 6.09. The van der Waals surface area contributed by atoms with Gasteiger partial charge in [-0.3, -0.25) is 9.59 Å². The van der Waals surface area contributed by atoms with Gasteiger partial charge >= 0.3 is 6.09 Å². The first kappa shape index (κ1) is 22.1. The molecule has 1 rings (SSSR count). The molecule has 0 saturated heterocycles. The van der Waals surface area contributed by atoms with Gasteiger partial charge in [0, 0.05) is 37.7 Å². The van der Waals surface area contributed by atoms with E-state index in [2.05, 4.69) is 16.0 Å². The van der Waals surface area contributed by atoms with Crippen molar-refractivity contribution >= 4 is 17.9 Å². The van der Waals surface area contributed by atoms with Gasteiger partial charge in [0.05, 0.1) is 0 Å². The molecule has 1 aromatic rings. The molecule has 0 aliphatic carbocycles. The number of alkyl carbamates (subject to hydrolysis) is 1. The molecule has 0 aliphatic heterocycles. The summed E-state index contributed by atoms with van der Waals surface area (Å²) in [5, 5.41) is 26.5. The van der Waals surface area contributed by atoms with Gasteiger partial charge in [-0.05, 0) is 39.3 Å². The minimum atomic E-state index is -0.589. The van der Waals surface area contributed by atoms with Crippen LogP contribution in [-0.4, -0.2) is 53.4 Å². The lowest BCUT2D eigenvalue weighted by Gasteiger charge is -2.19. The van der Waals surface area contributed by atoms with Crippen molar-refractivity contribution < 1.29 is 29.3 Å². The number of hydrogen-bond donors (Lipinski definition) is 5. The second kappa shape index (κ2) is 10.2. The first-order valence-electron chi connectivity index (χ1n) is 8.61. The fraction of sp³-hybridized carbons (Fsp3) is 0.500. The van der Waals surface area contributed by atoms with Crippen molar-refractivity contribution in [2.24, 2.45) is 0 Å². The van der Waals surface area contributed by atoms with Crippen molar-refractivity contribution in [2.75, 3.05) is 19.6 Å². The molecule has 9 heteroatoms. The molecule has 0 saturated carbocycles. The number of phenolic OH excluding ortho intramolecular Hbond substituents is 2. The van der Waals surface area contributed by atoms with E-state index < -0.39 is 17.6 Å². The predicted molar refractivity (Wildman–Crippen MR) is 98.6 cm³/mol. The van der Waals surface area contributed by atoms with Crippen LogP contribution in [0, 0.1) is 0 Å². The summed E-state index contributed by atoms with van der Waals surface area (Å²) in [6.07, 6.45) is 0.0478. The Morgan fingerprint density at radius 3 is 2.11 bits per heavy atom. The van der Waals surface area contributed by atoms with Crippen molar-refractivity contribution in [1.29, 1.82) is 0 Å². The first-order valence-corrected chi connectivity index (χ1v) is 8.61. The number of carbonyl (C=O) groups is 3. The third-order valence-corrected chi connectivity index (χ3v) is 3.15. The highest BCUT2D eigenvalue weighted by Gasteiger charge is 2.15. The molecule has 5 N–H and O–H groups in total. The van der Waals surface area contributed by atoms with Gasteiger partial charge in [0.1, 0.15) is 17.1 Å². The smallest absolute Gasteiger partial charge is 0.407 e. The number of phenols is 2. The van der Waals surface area contributed by atoms with Gasteiger partial charge in [0.2, 0.25) is 5.91 Å². The van der Waals surface area contributed by atoms with E-state index >= 15 is 0 Å². The maximum atomic E-state index is 11.9. The summed E-state index contributed by atoms with van der Waals surface area (Å²) in [6, 6.07) is 3.62. The number of ether oxygens (including phenoxy) is 1. The lowest BCUT2D eigenvalue weighted by Crippen LogP contribution is -2.35. The maximum Gasteiger partial charge on any atom is 0.407 e. The Morgan fingerprint density at radius 1 is 0.926 bits per heavy atom. The van der Waals surface area contributed by atoms with E-state index in [1.54, 1.807) is 20.8 Å². The lowest BCUT2D eigenvalue weighted by molar-refractivity contribution is -0.120. The zero-order chi connectivity index (χ0) is 20.4. The monoisotopic (exact) mass is 381 g/mol. The molecule has 0 aliphatic rings. The second-order valence-corrected chi connectivity index (χ2v) is 6.88. The first-order chi connectivity index (χ1) is 12.6. The molecule has 0 unspecified atom stereocenters. The van der Waals surface area contributed by atoms with Crippen LogP contribution in [0.15, 0.2) is 18.2 Å². The molecule has 150 valence electrons. The van der Waals surface area contributed by atoms with Crippen LogP contribution in [0.2, 0.25) is 0 Å². The van der Waals surface area contributed by atoms with Gasteiger partial charge in [-0.2, -0.15) is 0 Å². The van der Waals surface area contributed by atoms with Gasteiger partial charge in [0.25, 0.3) is 5.91 Å². The highest BCUT2D eigenvalue weighted by molar-refractivity contribution is 5.95. The number of rotatable bonds is 8. The van der Waals surface area contributed by atoms with Crippen LogP contribution in [0.3, 0.4) is 0 Å². The number of carbonyl (C=O) groups excluding carboxylic acids is 3. The largest absolute Gasteiger partial charge is 0.508 e. The normalized spacial score (nSPS) is 10.8. The predicted octanol–water partition coefficient (Wildman–Crippen LogP) is 1.25. The topological polar surface area (TPSA) is 137 Å². The fourth-order valence-corrected chi connectivity index (χ4v) is 2.03. The quantitative estimate of drug-likeness (QED) is 0.430. The molecule has 27 heavy (non-hydrogen) atoms. The standard InChI is InChI=1S/C18H27N3O6/c1-18(2,3)27-17(26)21-8-5-15(24)19-6-4-7-20-16(25)12-9-13(22)11-14(23)10-12/h9-11,22-23H,4-8H2,1-3H3,(H,19,24)(H,20,25)(H,21,26). The molecule has 0 atom stereocenters. The van der Waals surface area contributed by atoms with E-state index in [1.165, 1.54) is 12.1 Å². The van der Waals surface area contributed by atoms with Crippen LogP contribution in [0.25, 0.3) is 0 Å². The maximum absolute atomic E-state index is 11.9. The van der Waals surface area contributed by atoms with E-state index in [0.29, 0.717) is 19.5 Å². The van der Waals surface area contributed by atoms with Crippen LogP contribution in [-0.2, 0) is 9.53 Å². The van der Waals surface area contributed by atoms with Crippen LogP contribution in [0.1, 0.15) is 44.0 Å². The van der Waals surface area contributed by atoms with E-state index in [9.17, 15) is 24.6 Å². The molecule has 1 aromatic carbocycles. The highest BCUT2D eigenvalue weighted by atomic mass is 16.6. The summed E-state index contributed by atoms with van der Waals surface area (Å²) < 4.78 is 5.05. The van der Waals surface area contributed by atoms with Crippen molar-refractivity contribution in [1.82, 2.24) is 16.0 Å². The van der Waals surface area contributed by atoms with Gasteiger partial charge in [-0.1, -0.05) is 0 Å². The number of hydrogen-bond acceptors (Lipinski definition) is 6. The molecule has 0 aromatic heterocycles. The fourth-order valence-electron chi connectivity index (χ4n) is 2.03. The summed E-state index contributed by atoms with van der Waals surface area (Å²) in [5.74, 6) is -1.07. The molecule has 0 fully saturated rings. The van der Waals surface area contributed by atoms with E-state index in [0.717, 1.165) is 6.07 Å². The average Bonchev–Trinajstić information content (AvgIpc) is 2.51. The summed E-state index contributed by atoms with van der Waals surface area (Å²) in [5.41, 5.74) is -0.446. The summed E-state index contributed by atoms with van der Waals surface area (Å²) in [4.78, 5) is 35.0. The van der Waals surface area contributed by atoms with Crippen LogP contribution < -0.4 is 16.0 Å². The second-order valence-electron chi connectivity index (χ2n) is 6.88.